The van der Waals surface area contributed by atoms with Crippen LogP contribution in [-0.2, 0) is 0 Å². The van der Waals surface area contributed by atoms with Gasteiger partial charge in [0.05, 0.1) is 16.6 Å². The van der Waals surface area contributed by atoms with Crippen molar-refractivity contribution in [3.8, 4) is 45.5 Å². The highest BCUT2D eigenvalue weighted by molar-refractivity contribution is 6.15. The lowest BCUT2D eigenvalue weighted by Crippen LogP contribution is -2.00. The van der Waals surface area contributed by atoms with E-state index in [1.54, 1.807) is 0 Å². The van der Waals surface area contributed by atoms with Crippen LogP contribution in [0.4, 0.5) is 0 Å². The third kappa shape index (κ3) is 4.67. The van der Waals surface area contributed by atoms with Gasteiger partial charge in [0.1, 0.15) is 0 Å². The maximum Gasteiger partial charge on any atom is 0.164 e. The van der Waals surface area contributed by atoms with Gasteiger partial charge in [0, 0.05) is 50.4 Å². The van der Waals surface area contributed by atoms with Crippen molar-refractivity contribution >= 4 is 43.5 Å². The van der Waals surface area contributed by atoms with E-state index >= 15 is 0 Å². The fourth-order valence-electron chi connectivity index (χ4n) is 7.14. The summed E-state index contributed by atoms with van der Waals surface area (Å²) in [7, 11) is 0. The molecule has 3 aromatic heterocycles. The molecule has 0 aliphatic carbocycles. The zero-order valence-electron chi connectivity index (χ0n) is 27.0. The summed E-state index contributed by atoms with van der Waals surface area (Å²) in [5, 5.41) is 6.12. The molecule has 0 aliphatic rings. The molecule has 234 valence electrons. The molecule has 7 aromatic carbocycles. The number of hydrogen-bond acceptors (Lipinski definition) is 3. The zero-order valence-corrected chi connectivity index (χ0v) is 27.0. The Balaban J connectivity index is 1.12. The van der Waals surface area contributed by atoms with E-state index in [-0.39, 0.29) is 0 Å². The second-order valence-corrected chi connectivity index (χ2v) is 12.6. The van der Waals surface area contributed by atoms with Crippen molar-refractivity contribution in [3.63, 3.8) is 0 Å². The Morgan fingerprint density at radius 1 is 0.340 bits per heavy atom. The molecular weight excluding hydrogens is 611 g/mol. The number of rotatable bonds is 5. The molecule has 5 heteroatoms. The minimum absolute atomic E-state index is 0.642. The zero-order chi connectivity index (χ0) is 33.0. The quantitative estimate of drug-likeness (QED) is 0.188. The van der Waals surface area contributed by atoms with Crippen molar-refractivity contribution < 1.29 is 0 Å². The first kappa shape index (κ1) is 28.2. The lowest BCUT2D eigenvalue weighted by Gasteiger charge is -2.11. The Morgan fingerprint density at radius 3 is 1.54 bits per heavy atom. The minimum atomic E-state index is 0.642. The molecule has 0 amide bonds. The predicted molar refractivity (Wildman–Crippen MR) is 205 cm³/mol. The molecule has 0 saturated carbocycles. The van der Waals surface area contributed by atoms with Crippen molar-refractivity contribution in [1.29, 1.82) is 0 Å². The Kier molecular flexibility index (Phi) is 6.42. The van der Waals surface area contributed by atoms with Gasteiger partial charge in [-0.2, -0.15) is 0 Å². The predicted octanol–water partition coefficient (Wildman–Crippen LogP) is 11.1. The molecule has 10 rings (SSSR count). The van der Waals surface area contributed by atoms with Crippen LogP contribution >= 0.6 is 0 Å². The largest absolute Gasteiger partial charge is 0.317 e. The standard InChI is InChI=1S/C45H29N5/c1-4-12-30(13-5-1)43-46-44(31-14-6-2-7-15-31)48-45(47-43)32-20-22-37(23-21-32)50-40-19-11-10-18-38(40)39-27-34-26-33-24-25-49(36-16-8-3-9-17-36)41(33)28-35(34)29-42(39)50/h1-29H. The summed E-state index contributed by atoms with van der Waals surface area (Å²) in [6.07, 6.45) is 2.16. The third-order valence-electron chi connectivity index (χ3n) is 9.56. The molecule has 0 bridgehead atoms. The Morgan fingerprint density at radius 2 is 0.880 bits per heavy atom. The van der Waals surface area contributed by atoms with Crippen molar-refractivity contribution in [2.45, 2.75) is 0 Å². The highest BCUT2D eigenvalue weighted by atomic mass is 15.0. The maximum atomic E-state index is 4.94. The Bertz CT molecular complexity index is 2780. The average Bonchev–Trinajstić information content (AvgIpc) is 3.75. The molecule has 50 heavy (non-hydrogen) atoms. The van der Waals surface area contributed by atoms with Gasteiger partial charge in [-0.15, -0.1) is 0 Å². The van der Waals surface area contributed by atoms with Gasteiger partial charge in [-0.3, -0.25) is 0 Å². The van der Waals surface area contributed by atoms with E-state index in [2.05, 4.69) is 125 Å². The molecule has 0 aliphatic heterocycles. The molecule has 0 radical (unpaired) electrons. The first-order valence-corrected chi connectivity index (χ1v) is 16.8. The van der Waals surface area contributed by atoms with Crippen LogP contribution in [0.5, 0.6) is 0 Å². The van der Waals surface area contributed by atoms with Gasteiger partial charge in [-0.1, -0.05) is 97.1 Å². The number of fused-ring (bicyclic) bond motifs is 5. The van der Waals surface area contributed by atoms with Crippen LogP contribution < -0.4 is 0 Å². The second kappa shape index (κ2) is 11.4. The van der Waals surface area contributed by atoms with E-state index in [0.29, 0.717) is 17.5 Å². The molecule has 10 aromatic rings. The second-order valence-electron chi connectivity index (χ2n) is 12.6. The number of para-hydroxylation sites is 2. The third-order valence-corrected chi connectivity index (χ3v) is 9.56. The van der Waals surface area contributed by atoms with Gasteiger partial charge >= 0.3 is 0 Å². The SMILES string of the molecule is c1ccc(-c2nc(-c3ccccc3)nc(-c3ccc(-n4c5ccccc5c5cc6cc7ccn(-c8ccccc8)c7cc6cc54)cc3)n2)cc1. The van der Waals surface area contributed by atoms with Crippen LogP contribution in [0.1, 0.15) is 0 Å². The smallest absolute Gasteiger partial charge is 0.164 e. The topological polar surface area (TPSA) is 48.5 Å². The van der Waals surface area contributed by atoms with E-state index in [0.717, 1.165) is 28.1 Å². The van der Waals surface area contributed by atoms with Crippen LogP contribution in [0, 0.1) is 0 Å². The van der Waals surface area contributed by atoms with E-state index < -0.39 is 0 Å². The van der Waals surface area contributed by atoms with Gasteiger partial charge in [0.2, 0.25) is 0 Å². The van der Waals surface area contributed by atoms with E-state index in [1.165, 1.54) is 43.5 Å². The van der Waals surface area contributed by atoms with Crippen LogP contribution in [-0.4, -0.2) is 24.1 Å². The average molecular weight is 640 g/mol. The highest BCUT2D eigenvalue weighted by Crippen LogP contribution is 2.37. The molecule has 0 fully saturated rings. The molecule has 5 nitrogen and oxygen atoms in total. The molecule has 0 spiro atoms. The molecule has 0 N–H and O–H groups in total. The minimum Gasteiger partial charge on any atom is -0.317 e. The molecule has 0 saturated heterocycles. The monoisotopic (exact) mass is 639 g/mol. The van der Waals surface area contributed by atoms with Crippen LogP contribution in [0.3, 0.4) is 0 Å². The van der Waals surface area contributed by atoms with E-state index in [1.807, 2.05) is 60.7 Å². The molecule has 0 unspecified atom stereocenters. The van der Waals surface area contributed by atoms with Crippen molar-refractivity contribution in [2.75, 3.05) is 0 Å². The summed E-state index contributed by atoms with van der Waals surface area (Å²) in [4.78, 5) is 14.7. The normalized spacial score (nSPS) is 11.6. The summed E-state index contributed by atoms with van der Waals surface area (Å²) in [6.45, 7) is 0. The van der Waals surface area contributed by atoms with Crippen LogP contribution in [0.15, 0.2) is 176 Å². The van der Waals surface area contributed by atoms with E-state index in [9.17, 15) is 0 Å². The Hall–Kier alpha value is -6.85. The fraction of sp³-hybridized carbons (Fsp3) is 0. The maximum absolute atomic E-state index is 4.94. The van der Waals surface area contributed by atoms with Gasteiger partial charge < -0.3 is 9.13 Å². The van der Waals surface area contributed by atoms with Gasteiger partial charge in [0.15, 0.2) is 17.5 Å². The van der Waals surface area contributed by atoms with Gasteiger partial charge in [-0.25, -0.2) is 15.0 Å². The first-order chi connectivity index (χ1) is 24.8. The highest BCUT2D eigenvalue weighted by Gasteiger charge is 2.16. The van der Waals surface area contributed by atoms with E-state index in [4.69, 9.17) is 15.0 Å². The lowest BCUT2D eigenvalue weighted by molar-refractivity contribution is 1.07. The summed E-state index contributed by atoms with van der Waals surface area (Å²) < 4.78 is 4.63. The lowest BCUT2D eigenvalue weighted by atomic mass is 10.0. The number of aromatic nitrogens is 5. The summed E-state index contributed by atoms with van der Waals surface area (Å²) >= 11 is 0. The number of nitrogens with zero attached hydrogens (tertiary/aromatic N) is 5. The van der Waals surface area contributed by atoms with Crippen molar-refractivity contribution in [1.82, 2.24) is 24.1 Å². The summed E-state index contributed by atoms with van der Waals surface area (Å²) in [5.74, 6) is 1.95. The molecule has 0 atom stereocenters. The summed E-state index contributed by atoms with van der Waals surface area (Å²) in [6, 6.07) is 59.5. The Labute approximate surface area is 288 Å². The van der Waals surface area contributed by atoms with Gasteiger partial charge in [-0.05, 0) is 83.6 Å². The molecular formula is C45H29N5. The fourth-order valence-corrected chi connectivity index (χ4v) is 7.14. The molecule has 3 heterocycles. The number of hydrogen-bond donors (Lipinski definition) is 0. The first-order valence-electron chi connectivity index (χ1n) is 16.8. The summed E-state index contributed by atoms with van der Waals surface area (Å²) in [5.41, 5.74) is 8.60. The number of benzene rings is 7. The van der Waals surface area contributed by atoms with Crippen LogP contribution in [0.25, 0.3) is 89.0 Å². The van der Waals surface area contributed by atoms with Crippen LogP contribution in [0.2, 0.25) is 0 Å². The van der Waals surface area contributed by atoms with Crippen molar-refractivity contribution in [2.24, 2.45) is 0 Å². The van der Waals surface area contributed by atoms with Gasteiger partial charge in [0.25, 0.3) is 0 Å². The van der Waals surface area contributed by atoms with Crippen molar-refractivity contribution in [3.05, 3.63) is 176 Å².